The maximum atomic E-state index is 11.2. The van der Waals surface area contributed by atoms with Gasteiger partial charge in [-0.1, -0.05) is 28.6 Å². The third-order valence-electron chi connectivity index (χ3n) is 1.83. The van der Waals surface area contributed by atoms with Crippen LogP contribution in [0.15, 0.2) is 38.2 Å². The van der Waals surface area contributed by atoms with Crippen LogP contribution in [0.2, 0.25) is 0 Å². The molecule has 4 nitrogen and oxygen atoms in total. The number of ether oxygens (including phenoxy) is 3. The van der Waals surface area contributed by atoms with Gasteiger partial charge in [-0.25, -0.2) is 4.79 Å². The minimum Gasteiger partial charge on any atom is -0.453 e. The second-order valence-electron chi connectivity index (χ2n) is 3.35. The first-order valence-electron chi connectivity index (χ1n) is 5.19. The Morgan fingerprint density at radius 2 is 1.95 bits per heavy atom. The quantitative estimate of drug-likeness (QED) is 0.352. The zero-order chi connectivity index (χ0) is 14.4. The average molecular weight is 459 g/mol. The fourth-order valence-electron chi connectivity index (χ4n) is 1.13. The van der Waals surface area contributed by atoms with Crippen molar-refractivity contribution in [3.63, 3.8) is 0 Å². The summed E-state index contributed by atoms with van der Waals surface area (Å²) in [4.78, 5) is 11.2. The molecule has 0 aliphatic heterocycles. The van der Waals surface area contributed by atoms with E-state index in [1.165, 1.54) is 6.08 Å². The van der Waals surface area contributed by atoms with E-state index in [-0.39, 0.29) is 6.61 Å². The van der Waals surface area contributed by atoms with E-state index >= 15 is 0 Å². The van der Waals surface area contributed by atoms with Gasteiger partial charge in [0.25, 0.3) is 0 Å². The predicted molar refractivity (Wildman–Crippen MR) is 82.3 cm³/mol. The third kappa shape index (κ3) is 5.54. The van der Waals surface area contributed by atoms with E-state index in [4.69, 9.17) is 9.47 Å². The number of rotatable bonds is 5. The zero-order valence-corrected chi connectivity index (χ0v) is 14.7. The first kappa shape index (κ1) is 16.5. The van der Waals surface area contributed by atoms with Crippen LogP contribution in [-0.4, -0.2) is 19.1 Å². The van der Waals surface area contributed by atoms with Crippen molar-refractivity contribution < 1.29 is 19.0 Å². The van der Waals surface area contributed by atoms with Crippen LogP contribution < -0.4 is 4.74 Å². The lowest BCUT2D eigenvalue weighted by Crippen LogP contribution is -2.22. The number of hydrogen-bond donors (Lipinski definition) is 0. The van der Waals surface area contributed by atoms with Crippen LogP contribution in [-0.2, 0) is 9.47 Å². The molecule has 1 rings (SSSR count). The highest BCUT2D eigenvalue weighted by atomic mass is 79.9. The van der Waals surface area contributed by atoms with Gasteiger partial charge in [0, 0.05) is 11.4 Å². The Hall–Kier alpha value is -0.530. The van der Waals surface area contributed by atoms with Gasteiger partial charge in [-0.15, -0.1) is 0 Å². The first-order chi connectivity index (χ1) is 8.93. The molecule has 0 aliphatic rings. The van der Waals surface area contributed by atoms with E-state index in [0.29, 0.717) is 5.75 Å². The van der Waals surface area contributed by atoms with E-state index in [0.717, 1.165) is 13.4 Å². The zero-order valence-electron chi connectivity index (χ0n) is 9.99. The molecule has 19 heavy (non-hydrogen) atoms. The molecule has 0 aromatic heterocycles. The minimum atomic E-state index is -0.809. The van der Waals surface area contributed by atoms with Crippen molar-refractivity contribution in [3.8, 4) is 5.75 Å². The van der Waals surface area contributed by atoms with Crippen LogP contribution in [0.5, 0.6) is 5.75 Å². The molecule has 0 radical (unpaired) electrons. The van der Waals surface area contributed by atoms with Gasteiger partial charge >= 0.3 is 6.16 Å². The Labute approximate surface area is 136 Å². The molecular formula is C12H11Br3O4. The maximum Gasteiger partial charge on any atom is 0.511 e. The van der Waals surface area contributed by atoms with Crippen molar-refractivity contribution in [2.24, 2.45) is 0 Å². The molecule has 0 amide bonds. The van der Waals surface area contributed by atoms with Gasteiger partial charge in [-0.2, -0.15) is 0 Å². The molecule has 0 fully saturated rings. The predicted octanol–water partition coefficient (Wildman–Crippen LogP) is 5.04. The highest BCUT2D eigenvalue weighted by molar-refractivity contribution is 9.11. The molecule has 0 N–H and O–H groups in total. The smallest absolute Gasteiger partial charge is 0.453 e. The van der Waals surface area contributed by atoms with Gasteiger partial charge in [0.15, 0.2) is 5.75 Å². The van der Waals surface area contributed by atoms with Gasteiger partial charge in [0.1, 0.15) is 6.61 Å². The molecule has 1 atom stereocenters. The van der Waals surface area contributed by atoms with E-state index < -0.39 is 12.4 Å². The van der Waals surface area contributed by atoms with Crippen LogP contribution in [0.4, 0.5) is 4.79 Å². The molecule has 1 aromatic carbocycles. The summed E-state index contributed by atoms with van der Waals surface area (Å²) in [6, 6.07) is 3.64. The molecular weight excluding hydrogens is 448 g/mol. The molecule has 1 aromatic rings. The summed E-state index contributed by atoms with van der Waals surface area (Å²) in [6.07, 6.45) is -0.142. The van der Waals surface area contributed by atoms with Gasteiger partial charge in [-0.3, -0.25) is 0 Å². The molecule has 0 aliphatic carbocycles. The molecule has 104 valence electrons. The molecule has 7 heteroatoms. The van der Waals surface area contributed by atoms with Crippen molar-refractivity contribution in [2.75, 3.05) is 6.61 Å². The van der Waals surface area contributed by atoms with Gasteiger partial charge in [0.2, 0.25) is 6.29 Å². The summed E-state index contributed by atoms with van der Waals surface area (Å²) in [5, 5.41) is 0. The molecule has 0 saturated carbocycles. The van der Waals surface area contributed by atoms with Crippen LogP contribution in [0.1, 0.15) is 6.92 Å². The molecule has 0 saturated heterocycles. The Bertz CT molecular complexity index is 453. The Morgan fingerprint density at radius 1 is 1.37 bits per heavy atom. The highest BCUT2D eigenvalue weighted by Gasteiger charge is 2.15. The van der Waals surface area contributed by atoms with Crippen LogP contribution in [0.3, 0.4) is 0 Å². The number of carbonyl (C=O) groups is 1. The van der Waals surface area contributed by atoms with Gasteiger partial charge in [0.05, 0.1) is 8.95 Å². The topological polar surface area (TPSA) is 44.8 Å². The van der Waals surface area contributed by atoms with Crippen LogP contribution in [0.25, 0.3) is 0 Å². The summed E-state index contributed by atoms with van der Waals surface area (Å²) in [5.74, 6) is 0.534. The van der Waals surface area contributed by atoms with Gasteiger partial charge < -0.3 is 14.2 Å². The standard InChI is InChI=1S/C12H11Br3O4/c1-3-4-17-12(16)19-7(2)18-11-9(14)5-8(13)6-10(11)15/h3,5-7H,1,4H2,2H3. The molecule has 0 heterocycles. The monoisotopic (exact) mass is 456 g/mol. The van der Waals surface area contributed by atoms with Crippen molar-refractivity contribution >= 4 is 53.9 Å². The fraction of sp³-hybridized carbons (Fsp3) is 0.250. The highest BCUT2D eigenvalue weighted by Crippen LogP contribution is 2.37. The average Bonchev–Trinajstić information content (AvgIpc) is 2.31. The Morgan fingerprint density at radius 3 is 2.47 bits per heavy atom. The van der Waals surface area contributed by atoms with Gasteiger partial charge in [-0.05, 0) is 44.0 Å². The van der Waals surface area contributed by atoms with Crippen LogP contribution in [0, 0.1) is 0 Å². The van der Waals surface area contributed by atoms with Crippen molar-refractivity contribution in [1.82, 2.24) is 0 Å². The van der Waals surface area contributed by atoms with Crippen LogP contribution >= 0.6 is 47.8 Å². The lowest BCUT2D eigenvalue weighted by molar-refractivity contribution is -0.0511. The SMILES string of the molecule is C=CCOC(=O)OC(C)Oc1c(Br)cc(Br)cc1Br. The Kier molecular flexibility index (Phi) is 6.88. The summed E-state index contributed by atoms with van der Waals surface area (Å²) in [6.45, 7) is 5.12. The van der Waals surface area contributed by atoms with Crippen molar-refractivity contribution in [2.45, 2.75) is 13.2 Å². The minimum absolute atomic E-state index is 0.0945. The normalized spacial score (nSPS) is 11.6. The Balaban J connectivity index is 2.64. The summed E-state index contributed by atoms with van der Waals surface area (Å²) < 4.78 is 17.5. The third-order valence-corrected chi connectivity index (χ3v) is 3.46. The second-order valence-corrected chi connectivity index (χ2v) is 5.98. The van der Waals surface area contributed by atoms with E-state index in [9.17, 15) is 4.79 Å². The van der Waals surface area contributed by atoms with E-state index in [1.807, 2.05) is 12.1 Å². The molecule has 1 unspecified atom stereocenters. The maximum absolute atomic E-state index is 11.2. The summed E-state index contributed by atoms with van der Waals surface area (Å²) >= 11 is 10.1. The lowest BCUT2D eigenvalue weighted by atomic mass is 10.3. The van der Waals surface area contributed by atoms with E-state index in [2.05, 4.69) is 59.1 Å². The summed E-state index contributed by atoms with van der Waals surface area (Å²) in [5.41, 5.74) is 0. The second kappa shape index (κ2) is 7.91. The lowest BCUT2D eigenvalue weighted by Gasteiger charge is -2.17. The number of benzene rings is 1. The number of hydrogen-bond acceptors (Lipinski definition) is 4. The van der Waals surface area contributed by atoms with E-state index in [1.54, 1.807) is 6.92 Å². The summed E-state index contributed by atoms with van der Waals surface area (Å²) in [7, 11) is 0. The largest absolute Gasteiger partial charge is 0.511 e. The molecule has 0 bridgehead atoms. The first-order valence-corrected chi connectivity index (χ1v) is 7.57. The number of carbonyl (C=O) groups excluding carboxylic acids is 1. The number of halogens is 3. The molecule has 0 spiro atoms. The van der Waals surface area contributed by atoms with Crippen molar-refractivity contribution in [3.05, 3.63) is 38.2 Å². The fourth-order valence-corrected chi connectivity index (χ4v) is 3.57. The van der Waals surface area contributed by atoms with Crippen molar-refractivity contribution in [1.29, 1.82) is 0 Å².